The van der Waals surface area contributed by atoms with E-state index in [1.54, 1.807) is 12.1 Å². The van der Waals surface area contributed by atoms with Crippen LogP contribution in [0.4, 0.5) is 4.39 Å². The van der Waals surface area contributed by atoms with Gasteiger partial charge in [-0.15, -0.1) is 5.10 Å². The molecule has 0 amide bonds. The minimum absolute atomic E-state index is 0.239. The molecule has 21 heavy (non-hydrogen) atoms. The SMILES string of the molecule is CN(C)CCSSCCn1cc(-c2ccc(F)cc2)nn1. The number of hydrogen-bond donors (Lipinski definition) is 0. The van der Waals surface area contributed by atoms with Crippen LogP contribution >= 0.6 is 21.6 Å². The second-order valence-corrected chi connectivity index (χ2v) is 7.52. The lowest BCUT2D eigenvalue weighted by atomic mass is 10.2. The molecule has 7 heteroatoms. The van der Waals surface area contributed by atoms with Gasteiger partial charge in [0.25, 0.3) is 0 Å². The number of rotatable bonds is 8. The average molecular weight is 326 g/mol. The zero-order valence-electron chi connectivity index (χ0n) is 12.2. The summed E-state index contributed by atoms with van der Waals surface area (Å²) in [6, 6.07) is 6.31. The summed E-state index contributed by atoms with van der Waals surface area (Å²) in [4.78, 5) is 2.18. The zero-order valence-corrected chi connectivity index (χ0v) is 13.8. The van der Waals surface area contributed by atoms with E-state index in [-0.39, 0.29) is 5.82 Å². The fourth-order valence-electron chi connectivity index (χ4n) is 1.63. The third-order valence-electron chi connectivity index (χ3n) is 2.79. The van der Waals surface area contributed by atoms with Gasteiger partial charge < -0.3 is 4.90 Å². The van der Waals surface area contributed by atoms with Gasteiger partial charge in [0.1, 0.15) is 11.5 Å². The molecule has 4 nitrogen and oxygen atoms in total. The van der Waals surface area contributed by atoms with Crippen LogP contribution in [0.1, 0.15) is 0 Å². The standard InChI is InChI=1S/C14H19FN4S2/c1-18(2)7-9-20-21-10-8-19-11-14(16-17-19)12-3-5-13(15)6-4-12/h3-6,11H,7-10H2,1-2H3. The maximum absolute atomic E-state index is 12.9. The van der Waals surface area contributed by atoms with Crippen LogP contribution in [0.3, 0.4) is 0 Å². The van der Waals surface area contributed by atoms with Gasteiger partial charge in [0, 0.05) is 23.6 Å². The Morgan fingerprint density at radius 1 is 1.14 bits per heavy atom. The summed E-state index contributed by atoms with van der Waals surface area (Å²) in [5, 5.41) is 8.23. The predicted octanol–water partition coefficient (Wildman–Crippen LogP) is 3.03. The van der Waals surface area contributed by atoms with Crippen LogP contribution in [0.25, 0.3) is 11.3 Å². The van der Waals surface area contributed by atoms with Crippen molar-refractivity contribution in [1.82, 2.24) is 19.9 Å². The van der Waals surface area contributed by atoms with Crippen molar-refractivity contribution in [3.8, 4) is 11.3 Å². The lowest BCUT2D eigenvalue weighted by Gasteiger charge is -2.07. The van der Waals surface area contributed by atoms with Crippen LogP contribution < -0.4 is 0 Å². The number of aryl methyl sites for hydroxylation is 1. The van der Waals surface area contributed by atoms with Gasteiger partial charge in [0.2, 0.25) is 0 Å². The van der Waals surface area contributed by atoms with Crippen LogP contribution in [-0.2, 0) is 6.54 Å². The molecule has 1 heterocycles. The smallest absolute Gasteiger partial charge is 0.123 e. The molecule has 0 aliphatic carbocycles. The molecule has 0 unspecified atom stereocenters. The Morgan fingerprint density at radius 2 is 1.86 bits per heavy atom. The molecule has 1 aromatic carbocycles. The van der Waals surface area contributed by atoms with E-state index in [0.717, 1.165) is 35.9 Å². The first-order valence-corrected chi connectivity index (χ1v) is 9.19. The minimum atomic E-state index is -0.239. The molecule has 0 aliphatic heterocycles. The third kappa shape index (κ3) is 5.68. The van der Waals surface area contributed by atoms with Gasteiger partial charge in [-0.05, 0) is 38.4 Å². The fourth-order valence-corrected chi connectivity index (χ4v) is 3.72. The van der Waals surface area contributed by atoms with Crippen molar-refractivity contribution in [3.63, 3.8) is 0 Å². The molecule has 0 fully saturated rings. The first-order chi connectivity index (χ1) is 10.1. The van der Waals surface area contributed by atoms with E-state index in [0.29, 0.717) is 0 Å². The average Bonchev–Trinajstić information content (AvgIpc) is 2.92. The number of halogens is 1. The highest BCUT2D eigenvalue weighted by molar-refractivity contribution is 8.76. The van der Waals surface area contributed by atoms with Gasteiger partial charge in [-0.25, -0.2) is 4.39 Å². The quantitative estimate of drug-likeness (QED) is 0.550. The molecular formula is C14H19FN4S2. The van der Waals surface area contributed by atoms with E-state index < -0.39 is 0 Å². The Kier molecular flexibility index (Phi) is 6.53. The van der Waals surface area contributed by atoms with Crippen molar-refractivity contribution in [2.45, 2.75) is 6.54 Å². The van der Waals surface area contributed by atoms with E-state index in [4.69, 9.17) is 0 Å². The molecule has 114 valence electrons. The summed E-state index contributed by atoms with van der Waals surface area (Å²) < 4.78 is 14.7. The van der Waals surface area contributed by atoms with Crippen LogP contribution in [0.15, 0.2) is 30.5 Å². The van der Waals surface area contributed by atoms with Crippen LogP contribution in [0, 0.1) is 5.82 Å². The molecule has 0 spiro atoms. The van der Waals surface area contributed by atoms with Crippen LogP contribution in [-0.4, -0.2) is 52.0 Å². The summed E-state index contributed by atoms with van der Waals surface area (Å²) in [5.41, 5.74) is 1.66. The van der Waals surface area contributed by atoms with Gasteiger partial charge in [-0.1, -0.05) is 26.8 Å². The van der Waals surface area contributed by atoms with Gasteiger partial charge in [-0.3, -0.25) is 4.68 Å². The molecule has 0 saturated heterocycles. The highest BCUT2D eigenvalue weighted by atomic mass is 33.1. The second kappa shape index (κ2) is 8.41. The van der Waals surface area contributed by atoms with Gasteiger partial charge >= 0.3 is 0 Å². The van der Waals surface area contributed by atoms with Gasteiger partial charge in [0.05, 0.1) is 12.7 Å². The molecule has 0 bridgehead atoms. The van der Waals surface area contributed by atoms with Gasteiger partial charge in [-0.2, -0.15) is 0 Å². The maximum Gasteiger partial charge on any atom is 0.123 e. The largest absolute Gasteiger partial charge is 0.309 e. The second-order valence-electron chi connectivity index (χ2n) is 4.82. The Morgan fingerprint density at radius 3 is 2.57 bits per heavy atom. The summed E-state index contributed by atoms with van der Waals surface area (Å²) >= 11 is 0. The van der Waals surface area contributed by atoms with Gasteiger partial charge in [0.15, 0.2) is 0 Å². The maximum atomic E-state index is 12.9. The summed E-state index contributed by atoms with van der Waals surface area (Å²) in [6.45, 7) is 1.92. The van der Waals surface area contributed by atoms with E-state index in [1.165, 1.54) is 12.1 Å². The molecule has 0 aliphatic rings. The Hall–Kier alpha value is -1.05. The molecule has 0 atom stereocenters. The molecule has 0 N–H and O–H groups in total. The Balaban J connectivity index is 1.74. The first kappa shape index (κ1) is 16.3. The highest BCUT2D eigenvalue weighted by Crippen LogP contribution is 2.21. The number of hydrogen-bond acceptors (Lipinski definition) is 5. The van der Waals surface area contributed by atoms with Crippen LogP contribution in [0.5, 0.6) is 0 Å². The molecular weight excluding hydrogens is 307 g/mol. The van der Waals surface area contributed by atoms with E-state index in [1.807, 2.05) is 32.5 Å². The third-order valence-corrected chi connectivity index (χ3v) is 5.15. The minimum Gasteiger partial charge on any atom is -0.309 e. The number of aromatic nitrogens is 3. The van der Waals surface area contributed by atoms with Crippen molar-refractivity contribution in [2.24, 2.45) is 0 Å². The van der Waals surface area contributed by atoms with Crippen molar-refractivity contribution in [2.75, 3.05) is 32.1 Å². The topological polar surface area (TPSA) is 34.0 Å². The highest BCUT2D eigenvalue weighted by Gasteiger charge is 2.04. The van der Waals surface area contributed by atoms with E-state index in [2.05, 4.69) is 29.3 Å². The van der Waals surface area contributed by atoms with E-state index >= 15 is 0 Å². The molecule has 1 aromatic heterocycles. The monoisotopic (exact) mass is 326 g/mol. The zero-order chi connectivity index (χ0) is 15.1. The summed E-state index contributed by atoms with van der Waals surface area (Å²) in [5.74, 6) is 1.87. The fraction of sp³-hybridized carbons (Fsp3) is 0.429. The Bertz CT molecular complexity index is 542. The van der Waals surface area contributed by atoms with E-state index in [9.17, 15) is 4.39 Å². The number of benzene rings is 1. The van der Waals surface area contributed by atoms with Crippen molar-refractivity contribution >= 4 is 21.6 Å². The molecule has 2 rings (SSSR count). The van der Waals surface area contributed by atoms with Crippen molar-refractivity contribution in [3.05, 3.63) is 36.3 Å². The Labute approximate surface area is 132 Å². The van der Waals surface area contributed by atoms with Crippen LogP contribution in [0.2, 0.25) is 0 Å². The molecule has 0 radical (unpaired) electrons. The molecule has 0 saturated carbocycles. The first-order valence-electron chi connectivity index (χ1n) is 6.70. The lowest BCUT2D eigenvalue weighted by molar-refractivity contribution is 0.438. The predicted molar refractivity (Wildman–Crippen MR) is 88.9 cm³/mol. The number of nitrogens with zero attached hydrogens (tertiary/aromatic N) is 4. The van der Waals surface area contributed by atoms with Crippen molar-refractivity contribution in [1.29, 1.82) is 0 Å². The summed E-state index contributed by atoms with van der Waals surface area (Å²) in [7, 11) is 7.89. The normalized spacial score (nSPS) is 11.2. The summed E-state index contributed by atoms with van der Waals surface area (Å²) in [6.07, 6.45) is 1.90. The van der Waals surface area contributed by atoms with Crippen molar-refractivity contribution < 1.29 is 4.39 Å². The lowest BCUT2D eigenvalue weighted by Crippen LogP contribution is -2.14. The molecule has 2 aromatic rings.